The smallest absolute Gasteiger partial charge is 0.227 e. The first-order valence-electron chi connectivity index (χ1n) is 9.43. The fraction of sp³-hybridized carbons (Fsp3) is 0.455. The van der Waals surface area contributed by atoms with Crippen LogP contribution in [0.5, 0.6) is 0 Å². The molecular weight excluding hydrogens is 356 g/mol. The Morgan fingerprint density at radius 3 is 2.22 bits per heavy atom. The number of amides is 2. The van der Waals surface area contributed by atoms with Gasteiger partial charge in [0, 0.05) is 23.4 Å². The molecule has 0 aliphatic carbocycles. The number of carbonyl (C=O) groups is 2. The van der Waals surface area contributed by atoms with E-state index in [9.17, 15) is 9.59 Å². The number of piperidine rings is 1. The molecule has 1 aliphatic heterocycles. The molecule has 2 heterocycles. The van der Waals surface area contributed by atoms with Crippen LogP contribution in [0.3, 0.4) is 0 Å². The summed E-state index contributed by atoms with van der Waals surface area (Å²) in [6.07, 6.45) is 1.87. The number of nitrogens with two attached hydrogens (primary N) is 1. The first-order valence-corrected chi connectivity index (χ1v) is 10.3. The molecule has 0 spiro atoms. The van der Waals surface area contributed by atoms with Gasteiger partial charge in [0.05, 0.1) is 5.41 Å². The van der Waals surface area contributed by atoms with E-state index in [1.807, 2.05) is 31.7 Å². The summed E-state index contributed by atoms with van der Waals surface area (Å²) in [5, 5.41) is 2.07. The van der Waals surface area contributed by atoms with E-state index in [1.54, 1.807) is 11.3 Å². The molecule has 144 valence electrons. The van der Waals surface area contributed by atoms with Crippen LogP contribution in [0.4, 0.5) is 0 Å². The Labute approximate surface area is 165 Å². The number of hydrogen-bond donors (Lipinski definition) is 1. The number of thiophene rings is 1. The number of rotatable bonds is 4. The minimum atomic E-state index is -0.570. The largest absolute Gasteiger partial charge is 0.369 e. The zero-order chi connectivity index (χ0) is 19.7. The number of hydrogen-bond acceptors (Lipinski definition) is 3. The van der Waals surface area contributed by atoms with Gasteiger partial charge in [0.15, 0.2) is 0 Å². The van der Waals surface area contributed by atoms with Crippen LogP contribution >= 0.6 is 11.3 Å². The summed E-state index contributed by atoms with van der Waals surface area (Å²) in [6, 6.07) is 12.5. The molecular formula is C22H28N2O2S. The predicted molar refractivity (Wildman–Crippen MR) is 110 cm³/mol. The second kappa shape index (κ2) is 7.47. The van der Waals surface area contributed by atoms with E-state index in [0.29, 0.717) is 32.4 Å². The minimum absolute atomic E-state index is 0.140. The van der Waals surface area contributed by atoms with Crippen LogP contribution in [-0.2, 0) is 16.0 Å². The molecule has 0 saturated carbocycles. The lowest BCUT2D eigenvalue weighted by atomic mass is 9.72. The molecule has 0 bridgehead atoms. The molecule has 1 aromatic heterocycles. The zero-order valence-corrected chi connectivity index (χ0v) is 17.1. The highest BCUT2D eigenvalue weighted by Gasteiger charge is 2.42. The zero-order valence-electron chi connectivity index (χ0n) is 16.3. The van der Waals surface area contributed by atoms with Gasteiger partial charge in [-0.3, -0.25) is 9.59 Å². The van der Waals surface area contributed by atoms with Gasteiger partial charge in [0.1, 0.15) is 0 Å². The molecule has 27 heavy (non-hydrogen) atoms. The van der Waals surface area contributed by atoms with Crippen LogP contribution in [-0.4, -0.2) is 29.8 Å². The van der Waals surface area contributed by atoms with Crippen molar-refractivity contribution in [1.82, 2.24) is 4.90 Å². The van der Waals surface area contributed by atoms with Crippen LogP contribution in [0, 0.1) is 10.8 Å². The summed E-state index contributed by atoms with van der Waals surface area (Å²) in [6.45, 7) is 6.97. The monoisotopic (exact) mass is 384 g/mol. The summed E-state index contributed by atoms with van der Waals surface area (Å²) in [5.74, 6) is -0.117. The molecule has 1 aliphatic rings. The third-order valence-electron chi connectivity index (χ3n) is 5.47. The predicted octanol–water partition coefficient (Wildman–Crippen LogP) is 4.10. The van der Waals surface area contributed by atoms with Crippen molar-refractivity contribution < 1.29 is 9.59 Å². The Hall–Kier alpha value is -2.14. The third-order valence-corrected chi connectivity index (χ3v) is 6.39. The van der Waals surface area contributed by atoms with E-state index in [0.717, 1.165) is 5.56 Å². The quantitative estimate of drug-likeness (QED) is 0.863. The fourth-order valence-electron chi connectivity index (χ4n) is 3.74. The summed E-state index contributed by atoms with van der Waals surface area (Å²) >= 11 is 1.71. The van der Waals surface area contributed by atoms with Gasteiger partial charge in [0.25, 0.3) is 0 Å². The van der Waals surface area contributed by atoms with E-state index in [1.165, 1.54) is 10.4 Å². The van der Waals surface area contributed by atoms with Crippen LogP contribution in [0.1, 0.15) is 39.2 Å². The van der Waals surface area contributed by atoms with E-state index < -0.39 is 10.8 Å². The average Bonchev–Trinajstić information content (AvgIpc) is 3.16. The van der Waals surface area contributed by atoms with Crippen LogP contribution in [0.2, 0.25) is 0 Å². The van der Waals surface area contributed by atoms with Gasteiger partial charge >= 0.3 is 0 Å². The normalized spacial score (nSPS) is 16.9. The summed E-state index contributed by atoms with van der Waals surface area (Å²) in [4.78, 5) is 28.0. The number of primary amides is 1. The van der Waals surface area contributed by atoms with Gasteiger partial charge in [-0.1, -0.05) is 51.1 Å². The molecule has 0 atom stereocenters. The first-order chi connectivity index (χ1) is 12.7. The molecule has 2 N–H and O–H groups in total. The molecule has 0 unspecified atom stereocenters. The molecule has 2 amide bonds. The van der Waals surface area contributed by atoms with Crippen molar-refractivity contribution in [3.8, 4) is 10.4 Å². The molecule has 1 aromatic carbocycles. The average molecular weight is 385 g/mol. The van der Waals surface area contributed by atoms with E-state index in [4.69, 9.17) is 5.73 Å². The minimum Gasteiger partial charge on any atom is -0.369 e. The summed E-state index contributed by atoms with van der Waals surface area (Å²) < 4.78 is 0. The van der Waals surface area contributed by atoms with E-state index in [-0.39, 0.29) is 11.8 Å². The fourth-order valence-corrected chi connectivity index (χ4v) is 4.48. The second-order valence-electron chi connectivity index (χ2n) is 8.54. The molecule has 2 aromatic rings. The van der Waals surface area contributed by atoms with Gasteiger partial charge in [0.2, 0.25) is 11.8 Å². The van der Waals surface area contributed by atoms with Gasteiger partial charge in [-0.15, -0.1) is 11.3 Å². The van der Waals surface area contributed by atoms with Gasteiger partial charge in [-0.25, -0.2) is 0 Å². The van der Waals surface area contributed by atoms with E-state index in [2.05, 4.69) is 35.7 Å². The van der Waals surface area contributed by atoms with Gasteiger partial charge in [-0.05, 0) is 41.8 Å². The summed E-state index contributed by atoms with van der Waals surface area (Å²) in [5.41, 5.74) is 7.16. The topological polar surface area (TPSA) is 63.4 Å². The SMILES string of the molecule is CC(C)(C)C(=O)N1CCC(Cc2ccc(-c3cccs3)cc2)(C(N)=O)CC1. The number of benzene rings is 1. The molecule has 5 heteroatoms. The Kier molecular flexibility index (Phi) is 5.43. The Morgan fingerprint density at radius 1 is 1.11 bits per heavy atom. The van der Waals surface area contributed by atoms with Gasteiger partial charge < -0.3 is 10.6 Å². The Bertz CT molecular complexity index is 796. The molecule has 4 nitrogen and oxygen atoms in total. The number of carbonyl (C=O) groups excluding carboxylic acids is 2. The number of nitrogens with zero attached hydrogens (tertiary/aromatic N) is 1. The Balaban J connectivity index is 1.72. The van der Waals surface area contributed by atoms with Crippen LogP contribution in [0.15, 0.2) is 41.8 Å². The highest BCUT2D eigenvalue weighted by molar-refractivity contribution is 7.13. The van der Waals surface area contributed by atoms with Crippen LogP contribution < -0.4 is 5.73 Å². The molecule has 1 fully saturated rings. The molecule has 0 radical (unpaired) electrons. The molecule has 1 saturated heterocycles. The lowest BCUT2D eigenvalue weighted by Crippen LogP contribution is -2.51. The maximum atomic E-state index is 12.5. The maximum absolute atomic E-state index is 12.5. The lowest BCUT2D eigenvalue weighted by Gasteiger charge is -2.41. The number of likely N-dealkylation sites (tertiary alicyclic amines) is 1. The second-order valence-corrected chi connectivity index (χ2v) is 9.49. The van der Waals surface area contributed by atoms with Crippen LogP contribution in [0.25, 0.3) is 10.4 Å². The highest BCUT2D eigenvalue weighted by atomic mass is 32.1. The Morgan fingerprint density at radius 2 is 1.74 bits per heavy atom. The van der Waals surface area contributed by atoms with Crippen molar-refractivity contribution in [2.24, 2.45) is 16.6 Å². The van der Waals surface area contributed by atoms with Crippen molar-refractivity contribution in [3.05, 3.63) is 47.3 Å². The third kappa shape index (κ3) is 4.24. The standard InChI is InChI=1S/C22H28N2O2S/c1-21(2,3)20(26)24-12-10-22(11-13-24,19(23)25)15-16-6-8-17(9-7-16)18-5-4-14-27-18/h4-9,14H,10-13,15H2,1-3H3,(H2,23,25). The van der Waals surface area contributed by atoms with E-state index >= 15 is 0 Å². The highest BCUT2D eigenvalue weighted by Crippen LogP contribution is 2.37. The first kappa shape index (κ1) is 19.6. The van der Waals surface area contributed by atoms with Crippen molar-refractivity contribution in [1.29, 1.82) is 0 Å². The molecule has 3 rings (SSSR count). The van der Waals surface area contributed by atoms with Crippen molar-refractivity contribution in [2.45, 2.75) is 40.0 Å². The van der Waals surface area contributed by atoms with Crippen molar-refractivity contribution in [3.63, 3.8) is 0 Å². The lowest BCUT2D eigenvalue weighted by molar-refractivity contribution is -0.145. The van der Waals surface area contributed by atoms with Gasteiger partial charge in [-0.2, -0.15) is 0 Å². The van der Waals surface area contributed by atoms with Crippen molar-refractivity contribution in [2.75, 3.05) is 13.1 Å². The summed E-state index contributed by atoms with van der Waals surface area (Å²) in [7, 11) is 0. The van der Waals surface area contributed by atoms with Crippen molar-refractivity contribution >= 4 is 23.2 Å². The maximum Gasteiger partial charge on any atom is 0.227 e.